The van der Waals surface area contributed by atoms with E-state index in [-0.39, 0.29) is 22.0 Å². The molecule has 0 unspecified atom stereocenters. The van der Waals surface area contributed by atoms with E-state index in [4.69, 9.17) is 0 Å². The molecule has 1 aromatic carbocycles. The molecule has 1 atom stereocenters. The molecule has 0 radical (unpaired) electrons. The Morgan fingerprint density at radius 3 is 2.49 bits per heavy atom. The molecular weight excluding hydrogens is 499 g/mol. The minimum Gasteiger partial charge on any atom is -0.312 e. The molecule has 0 aliphatic rings. The van der Waals surface area contributed by atoms with Crippen LogP contribution in [0.15, 0.2) is 33.4 Å². The number of carbonyl (C=O) groups excluding carboxylic acids is 1. The molecule has 3 heterocycles. The minimum atomic E-state index is -5.25. The van der Waals surface area contributed by atoms with E-state index in [0.717, 1.165) is 26.5 Å². The first-order valence-corrected chi connectivity index (χ1v) is 10.7. The van der Waals surface area contributed by atoms with Crippen molar-refractivity contribution in [2.45, 2.75) is 19.1 Å². The SMILES string of the molecule is C[C@@H](C(=O)Nc1nc(-c2ccc(F)c(C(F)(F)F)c2F)cs1)n1cnc2c1c(=O)n(C)c(=O)n2C. The maximum Gasteiger partial charge on any atom is 0.422 e. The van der Waals surface area contributed by atoms with Crippen molar-refractivity contribution in [1.82, 2.24) is 23.7 Å². The third-order valence-corrected chi connectivity index (χ3v) is 6.11. The molecule has 0 fully saturated rings. The summed E-state index contributed by atoms with van der Waals surface area (Å²) in [5.41, 5.74) is -4.05. The number of hydrogen-bond donors (Lipinski definition) is 1. The van der Waals surface area contributed by atoms with E-state index in [1.807, 2.05) is 0 Å². The number of nitrogens with one attached hydrogen (secondary N) is 1. The average molecular weight is 514 g/mol. The summed E-state index contributed by atoms with van der Waals surface area (Å²) < 4.78 is 70.3. The zero-order chi connectivity index (χ0) is 25.8. The Bertz CT molecular complexity index is 1600. The van der Waals surface area contributed by atoms with Gasteiger partial charge in [0.1, 0.15) is 23.2 Å². The third kappa shape index (κ3) is 4.00. The van der Waals surface area contributed by atoms with Crippen LogP contribution in [-0.2, 0) is 25.1 Å². The molecule has 0 saturated heterocycles. The van der Waals surface area contributed by atoms with Crippen LogP contribution in [0.4, 0.5) is 27.1 Å². The highest BCUT2D eigenvalue weighted by Gasteiger charge is 2.39. The molecule has 1 amide bonds. The number of halogens is 5. The summed E-state index contributed by atoms with van der Waals surface area (Å²) in [5.74, 6) is -4.25. The minimum absolute atomic E-state index is 0.00476. The Balaban J connectivity index is 1.64. The molecule has 4 rings (SSSR count). The van der Waals surface area contributed by atoms with Gasteiger partial charge in [0.2, 0.25) is 5.91 Å². The first-order chi connectivity index (χ1) is 16.3. The fourth-order valence-electron chi connectivity index (χ4n) is 3.46. The Morgan fingerprint density at radius 2 is 1.83 bits per heavy atom. The van der Waals surface area contributed by atoms with Crippen molar-refractivity contribution < 1.29 is 26.7 Å². The van der Waals surface area contributed by atoms with Gasteiger partial charge >= 0.3 is 11.9 Å². The molecular formula is C20H15F5N6O3S. The van der Waals surface area contributed by atoms with E-state index in [2.05, 4.69) is 15.3 Å². The predicted molar refractivity (Wildman–Crippen MR) is 116 cm³/mol. The zero-order valence-electron chi connectivity index (χ0n) is 18.1. The summed E-state index contributed by atoms with van der Waals surface area (Å²) in [6.45, 7) is 1.45. The number of anilines is 1. The fourth-order valence-corrected chi connectivity index (χ4v) is 4.17. The molecule has 1 N–H and O–H groups in total. The summed E-state index contributed by atoms with van der Waals surface area (Å²) in [7, 11) is 2.70. The molecule has 0 spiro atoms. The van der Waals surface area contributed by atoms with Crippen molar-refractivity contribution in [2.75, 3.05) is 5.32 Å². The normalized spacial score (nSPS) is 12.8. The Morgan fingerprint density at radius 1 is 1.14 bits per heavy atom. The number of fused-ring (bicyclic) bond motifs is 1. The fraction of sp³-hybridized carbons (Fsp3) is 0.250. The number of hydrogen-bond acceptors (Lipinski definition) is 6. The van der Waals surface area contributed by atoms with E-state index in [1.54, 1.807) is 0 Å². The molecule has 0 aliphatic heterocycles. The van der Waals surface area contributed by atoms with Gasteiger partial charge in [-0.25, -0.2) is 23.5 Å². The molecule has 35 heavy (non-hydrogen) atoms. The van der Waals surface area contributed by atoms with Crippen LogP contribution in [0.1, 0.15) is 18.5 Å². The monoisotopic (exact) mass is 514 g/mol. The van der Waals surface area contributed by atoms with Crippen LogP contribution >= 0.6 is 11.3 Å². The lowest BCUT2D eigenvalue weighted by Crippen LogP contribution is -2.38. The van der Waals surface area contributed by atoms with Crippen molar-refractivity contribution in [2.24, 2.45) is 14.1 Å². The molecule has 4 aromatic rings. The van der Waals surface area contributed by atoms with Crippen LogP contribution in [0.3, 0.4) is 0 Å². The Labute approximate surface area is 196 Å². The standard InChI is InChI=1S/C20H15F5N6O3S/c1-8(31-7-26-15-14(31)17(33)30(3)19(34)29(15)2)16(32)28-18-27-11(6-35-18)9-4-5-10(21)12(13(9)22)20(23,24)25/h4-8H,1-3H3,(H,27,28,32)/t8-/m0/s1. The highest BCUT2D eigenvalue weighted by Crippen LogP contribution is 2.38. The second-order valence-corrected chi connectivity index (χ2v) is 8.37. The maximum atomic E-state index is 14.4. The second kappa shape index (κ2) is 8.41. The molecule has 0 saturated carbocycles. The smallest absolute Gasteiger partial charge is 0.312 e. The van der Waals surface area contributed by atoms with Gasteiger partial charge in [-0.2, -0.15) is 13.2 Å². The number of benzene rings is 1. The largest absolute Gasteiger partial charge is 0.422 e. The first kappa shape index (κ1) is 24.3. The van der Waals surface area contributed by atoms with Gasteiger partial charge in [-0.15, -0.1) is 11.3 Å². The van der Waals surface area contributed by atoms with Crippen LogP contribution in [-0.4, -0.2) is 29.6 Å². The lowest BCUT2D eigenvalue weighted by Gasteiger charge is -2.13. The summed E-state index contributed by atoms with van der Waals surface area (Å²) in [6.07, 6.45) is -4.03. The number of thiazole rings is 1. The number of rotatable bonds is 4. The van der Waals surface area contributed by atoms with Crippen LogP contribution < -0.4 is 16.6 Å². The second-order valence-electron chi connectivity index (χ2n) is 7.51. The Kier molecular flexibility index (Phi) is 5.82. The van der Waals surface area contributed by atoms with Gasteiger partial charge in [0.25, 0.3) is 5.56 Å². The zero-order valence-corrected chi connectivity index (χ0v) is 19.0. The van der Waals surface area contributed by atoms with Crippen molar-refractivity contribution in [3.05, 3.63) is 61.9 Å². The van der Waals surface area contributed by atoms with E-state index >= 15 is 0 Å². The topological polar surface area (TPSA) is 104 Å². The van der Waals surface area contributed by atoms with Gasteiger partial charge in [0.15, 0.2) is 16.3 Å². The molecule has 15 heteroatoms. The summed E-state index contributed by atoms with van der Waals surface area (Å²) >= 11 is 0.806. The predicted octanol–water partition coefficient (Wildman–Crippen LogP) is 3.05. The van der Waals surface area contributed by atoms with Crippen molar-refractivity contribution in [3.63, 3.8) is 0 Å². The lowest BCUT2D eigenvalue weighted by atomic mass is 10.1. The quantitative estimate of drug-likeness (QED) is 0.422. The molecule has 9 nitrogen and oxygen atoms in total. The molecule has 0 bridgehead atoms. The van der Waals surface area contributed by atoms with Crippen LogP contribution in [0.25, 0.3) is 22.4 Å². The number of aryl methyl sites for hydroxylation is 1. The van der Waals surface area contributed by atoms with E-state index < -0.39 is 52.1 Å². The van der Waals surface area contributed by atoms with Crippen molar-refractivity contribution in [3.8, 4) is 11.3 Å². The number of amides is 1. The van der Waals surface area contributed by atoms with Gasteiger partial charge in [-0.05, 0) is 19.1 Å². The summed E-state index contributed by atoms with van der Waals surface area (Å²) in [5, 5.41) is 3.58. The van der Waals surface area contributed by atoms with E-state index in [1.165, 1.54) is 37.3 Å². The molecule has 184 valence electrons. The van der Waals surface area contributed by atoms with E-state index in [9.17, 15) is 36.3 Å². The average Bonchev–Trinajstić information content (AvgIpc) is 3.42. The van der Waals surface area contributed by atoms with Gasteiger partial charge in [0.05, 0.1) is 12.0 Å². The highest BCUT2D eigenvalue weighted by atomic mass is 32.1. The Hall–Kier alpha value is -3.88. The lowest BCUT2D eigenvalue weighted by molar-refractivity contribution is -0.142. The van der Waals surface area contributed by atoms with Gasteiger partial charge in [-0.3, -0.25) is 18.7 Å². The van der Waals surface area contributed by atoms with Crippen LogP contribution in [0.5, 0.6) is 0 Å². The third-order valence-electron chi connectivity index (χ3n) is 5.35. The maximum absolute atomic E-state index is 14.4. The number of carbonyl (C=O) groups is 1. The first-order valence-electron chi connectivity index (χ1n) is 9.77. The molecule has 3 aromatic heterocycles. The number of nitrogens with zero attached hydrogens (tertiary/aromatic N) is 5. The van der Waals surface area contributed by atoms with Crippen molar-refractivity contribution >= 4 is 33.5 Å². The van der Waals surface area contributed by atoms with Gasteiger partial charge in [0, 0.05) is 25.0 Å². The van der Waals surface area contributed by atoms with Gasteiger partial charge < -0.3 is 9.88 Å². The van der Waals surface area contributed by atoms with Crippen LogP contribution in [0, 0.1) is 11.6 Å². The van der Waals surface area contributed by atoms with Crippen molar-refractivity contribution in [1.29, 1.82) is 0 Å². The number of alkyl halides is 3. The summed E-state index contributed by atoms with van der Waals surface area (Å²) in [6, 6.07) is 0.289. The summed E-state index contributed by atoms with van der Waals surface area (Å²) in [4.78, 5) is 45.4. The highest BCUT2D eigenvalue weighted by molar-refractivity contribution is 7.14. The molecule has 0 aliphatic carbocycles. The van der Waals surface area contributed by atoms with E-state index in [0.29, 0.717) is 6.07 Å². The van der Waals surface area contributed by atoms with Gasteiger partial charge in [-0.1, -0.05) is 0 Å². The number of aromatic nitrogens is 5. The number of imidazole rings is 1. The van der Waals surface area contributed by atoms with Crippen LogP contribution in [0.2, 0.25) is 0 Å².